The van der Waals surface area contributed by atoms with Crippen molar-refractivity contribution in [1.29, 1.82) is 0 Å². The Morgan fingerprint density at radius 3 is 2.42 bits per heavy atom. The van der Waals surface area contributed by atoms with E-state index >= 15 is 0 Å². The summed E-state index contributed by atoms with van der Waals surface area (Å²) >= 11 is 7.44. The topological polar surface area (TPSA) is 47.0 Å². The number of hydrogen-bond acceptors (Lipinski definition) is 3. The summed E-state index contributed by atoms with van der Waals surface area (Å²) in [6.45, 7) is 0. The minimum absolute atomic E-state index is 0.112. The smallest absolute Gasteiger partial charge is 0.223 e. The first-order chi connectivity index (χ1) is 5.39. The lowest BCUT2D eigenvalue weighted by Gasteiger charge is -1.96. The van der Waals surface area contributed by atoms with Gasteiger partial charge in [0.1, 0.15) is 5.15 Å². The fourth-order valence-corrected chi connectivity index (χ4v) is 2.52. The van der Waals surface area contributed by atoms with E-state index < -0.39 is 9.05 Å². The maximum Gasteiger partial charge on any atom is 0.278 e. The molecule has 0 saturated carbocycles. The first-order valence-electron chi connectivity index (χ1n) is 2.67. The van der Waals surface area contributed by atoms with Crippen molar-refractivity contribution in [3.8, 4) is 0 Å². The van der Waals surface area contributed by atoms with E-state index in [2.05, 4.69) is 4.98 Å². The molecule has 1 rings (SSSR count). The van der Waals surface area contributed by atoms with Gasteiger partial charge in [0.25, 0.3) is 9.05 Å². The highest BCUT2D eigenvalue weighted by molar-refractivity contribution is 14.1. The lowest BCUT2D eigenvalue weighted by Crippen LogP contribution is -1.95. The molecule has 0 aromatic carbocycles. The Morgan fingerprint density at radius 1 is 1.42 bits per heavy atom. The van der Waals surface area contributed by atoms with E-state index in [9.17, 15) is 8.42 Å². The Hall–Kier alpha value is 0.410. The number of halogens is 3. The van der Waals surface area contributed by atoms with Crippen molar-refractivity contribution in [2.75, 3.05) is 0 Å². The molecule has 0 spiro atoms. The molecule has 0 amide bonds. The van der Waals surface area contributed by atoms with Crippen molar-refractivity contribution < 1.29 is 8.42 Å². The average molecular weight is 338 g/mol. The van der Waals surface area contributed by atoms with E-state index in [-0.39, 0.29) is 10.2 Å². The third-order valence-electron chi connectivity index (χ3n) is 0.985. The molecule has 0 aliphatic heterocycles. The molecule has 1 heterocycles. The average Bonchev–Trinajstić information content (AvgIpc) is 1.82. The maximum absolute atomic E-state index is 10.8. The summed E-state index contributed by atoms with van der Waals surface area (Å²) in [5.41, 5.74) is 0. The van der Waals surface area contributed by atoms with Gasteiger partial charge in [-0.1, -0.05) is 11.6 Å². The van der Waals surface area contributed by atoms with Crippen LogP contribution in [0, 0.1) is 3.57 Å². The molecule has 12 heavy (non-hydrogen) atoms. The van der Waals surface area contributed by atoms with Crippen LogP contribution in [0.2, 0.25) is 5.15 Å². The lowest BCUT2D eigenvalue weighted by molar-refractivity contribution is 0.606. The van der Waals surface area contributed by atoms with Gasteiger partial charge < -0.3 is 0 Å². The zero-order chi connectivity index (χ0) is 9.35. The first-order valence-corrected chi connectivity index (χ1v) is 6.44. The fourth-order valence-electron chi connectivity index (χ4n) is 0.568. The zero-order valence-electron chi connectivity index (χ0n) is 5.46. The van der Waals surface area contributed by atoms with Crippen molar-refractivity contribution in [2.24, 2.45) is 0 Å². The summed E-state index contributed by atoms with van der Waals surface area (Å²) in [5.74, 6) is 0. The molecule has 66 valence electrons. The van der Waals surface area contributed by atoms with Crippen molar-refractivity contribution in [1.82, 2.24) is 4.98 Å². The second-order valence-electron chi connectivity index (χ2n) is 1.88. The quantitative estimate of drug-likeness (QED) is 0.448. The van der Waals surface area contributed by atoms with Gasteiger partial charge in [-0.3, -0.25) is 0 Å². The van der Waals surface area contributed by atoms with Crippen LogP contribution < -0.4 is 0 Å². The van der Waals surface area contributed by atoms with Gasteiger partial charge in [-0.2, -0.15) is 0 Å². The normalized spacial score (nSPS) is 11.6. The van der Waals surface area contributed by atoms with Gasteiger partial charge in [0.05, 0.1) is 0 Å². The van der Waals surface area contributed by atoms with Crippen LogP contribution in [0.5, 0.6) is 0 Å². The third kappa shape index (κ3) is 2.72. The van der Waals surface area contributed by atoms with E-state index in [1.807, 2.05) is 22.6 Å². The monoisotopic (exact) mass is 337 g/mol. The van der Waals surface area contributed by atoms with Gasteiger partial charge in [-0.05, 0) is 34.7 Å². The standard InChI is InChI=1S/C5H2Cl2INO2S/c6-4-1-3(8)2-5(9-4)12(7,10)11/h1-2H. The largest absolute Gasteiger partial charge is 0.278 e. The molecule has 0 saturated heterocycles. The highest BCUT2D eigenvalue weighted by atomic mass is 127. The second kappa shape index (κ2) is 3.65. The highest BCUT2D eigenvalue weighted by Crippen LogP contribution is 2.18. The minimum atomic E-state index is -3.78. The predicted octanol–water partition coefficient (Wildman–Crippen LogP) is 2.27. The fraction of sp³-hybridized carbons (Fsp3) is 0. The zero-order valence-corrected chi connectivity index (χ0v) is 9.95. The number of hydrogen-bond donors (Lipinski definition) is 0. The SMILES string of the molecule is O=S(=O)(Cl)c1cc(I)cc(Cl)n1. The Bertz CT molecular complexity index is 386. The number of pyridine rings is 1. The van der Waals surface area contributed by atoms with Crippen LogP contribution in [0.15, 0.2) is 17.2 Å². The van der Waals surface area contributed by atoms with Gasteiger partial charge in [0.15, 0.2) is 5.03 Å². The van der Waals surface area contributed by atoms with Gasteiger partial charge in [-0.15, -0.1) is 0 Å². The summed E-state index contributed by atoms with van der Waals surface area (Å²) in [5, 5.41) is -0.109. The van der Waals surface area contributed by atoms with Gasteiger partial charge >= 0.3 is 0 Å². The summed E-state index contributed by atoms with van der Waals surface area (Å²) < 4.78 is 22.2. The molecule has 1 aromatic rings. The molecular weight excluding hydrogens is 336 g/mol. The van der Waals surface area contributed by atoms with Crippen LogP contribution in [0.1, 0.15) is 0 Å². The van der Waals surface area contributed by atoms with E-state index in [0.717, 1.165) is 0 Å². The highest BCUT2D eigenvalue weighted by Gasteiger charge is 2.12. The molecule has 0 aliphatic carbocycles. The molecular formula is C5H2Cl2INO2S. The number of aromatic nitrogens is 1. The van der Waals surface area contributed by atoms with E-state index in [1.54, 1.807) is 0 Å². The molecule has 7 heteroatoms. The van der Waals surface area contributed by atoms with Crippen LogP contribution in [0.25, 0.3) is 0 Å². The van der Waals surface area contributed by atoms with E-state index in [4.69, 9.17) is 22.3 Å². The maximum atomic E-state index is 10.8. The van der Waals surface area contributed by atoms with Crippen LogP contribution >= 0.6 is 44.9 Å². The molecule has 0 atom stereocenters. The van der Waals surface area contributed by atoms with Crippen molar-refractivity contribution in [2.45, 2.75) is 5.03 Å². The first kappa shape index (κ1) is 10.5. The molecule has 0 bridgehead atoms. The number of rotatable bonds is 1. The second-order valence-corrected chi connectivity index (χ2v) is 6.03. The van der Waals surface area contributed by atoms with Crippen LogP contribution in [0.3, 0.4) is 0 Å². The molecule has 3 nitrogen and oxygen atoms in total. The van der Waals surface area contributed by atoms with E-state index in [0.29, 0.717) is 3.57 Å². The van der Waals surface area contributed by atoms with Gasteiger partial charge in [0, 0.05) is 14.3 Å². The van der Waals surface area contributed by atoms with E-state index in [1.165, 1.54) is 12.1 Å². The minimum Gasteiger partial charge on any atom is -0.223 e. The van der Waals surface area contributed by atoms with Gasteiger partial charge in [-0.25, -0.2) is 13.4 Å². The summed E-state index contributed by atoms with van der Waals surface area (Å²) in [7, 11) is 1.27. The van der Waals surface area contributed by atoms with Crippen molar-refractivity contribution >= 4 is 53.9 Å². The predicted molar refractivity (Wildman–Crippen MR) is 55.0 cm³/mol. The molecule has 0 N–H and O–H groups in total. The summed E-state index contributed by atoms with van der Waals surface area (Å²) in [6.07, 6.45) is 0. The van der Waals surface area contributed by atoms with Crippen LogP contribution in [0.4, 0.5) is 0 Å². The Balaban J connectivity index is 3.37. The molecule has 1 aromatic heterocycles. The Kier molecular flexibility index (Phi) is 3.19. The van der Waals surface area contributed by atoms with Crippen molar-refractivity contribution in [3.05, 3.63) is 20.9 Å². The molecule has 0 unspecified atom stereocenters. The Labute approximate surface area is 92.6 Å². The molecule has 0 aliphatic rings. The Morgan fingerprint density at radius 2 is 2.00 bits per heavy atom. The van der Waals surface area contributed by atoms with Crippen LogP contribution in [-0.2, 0) is 9.05 Å². The lowest BCUT2D eigenvalue weighted by atomic mass is 10.5. The molecule has 0 radical (unpaired) electrons. The molecule has 0 fully saturated rings. The van der Waals surface area contributed by atoms with Gasteiger partial charge in [0.2, 0.25) is 0 Å². The number of nitrogens with zero attached hydrogens (tertiary/aromatic N) is 1. The van der Waals surface area contributed by atoms with Crippen molar-refractivity contribution in [3.63, 3.8) is 0 Å². The summed E-state index contributed by atoms with van der Waals surface area (Å²) in [6, 6.07) is 2.88. The third-order valence-corrected chi connectivity index (χ3v) is 2.98. The summed E-state index contributed by atoms with van der Waals surface area (Å²) in [4.78, 5) is 3.55. The van der Waals surface area contributed by atoms with Crippen LogP contribution in [-0.4, -0.2) is 13.4 Å².